The van der Waals surface area contributed by atoms with E-state index >= 15 is 0 Å². The minimum absolute atomic E-state index is 0.143. The molecule has 0 aliphatic carbocycles. The van der Waals surface area contributed by atoms with E-state index in [9.17, 15) is 4.79 Å². The Hall–Kier alpha value is -1.55. The SMILES string of the molecule is Cc1ccc([C@@H](C)N)c(OC(C)C(N)=O)c1. The number of hydrogen-bond acceptors (Lipinski definition) is 3. The van der Waals surface area contributed by atoms with E-state index in [0.29, 0.717) is 5.75 Å². The Kier molecular flexibility index (Phi) is 3.90. The molecule has 1 unspecified atom stereocenters. The zero-order chi connectivity index (χ0) is 12.3. The van der Waals surface area contributed by atoms with Crippen molar-refractivity contribution in [3.8, 4) is 5.75 Å². The Bertz CT molecular complexity index is 389. The maximum atomic E-state index is 10.9. The lowest BCUT2D eigenvalue weighted by Crippen LogP contribution is -2.31. The van der Waals surface area contributed by atoms with Crippen molar-refractivity contribution in [2.45, 2.75) is 32.9 Å². The Morgan fingerprint density at radius 2 is 2.00 bits per heavy atom. The van der Waals surface area contributed by atoms with Crippen LogP contribution >= 0.6 is 0 Å². The molecule has 0 fully saturated rings. The molecule has 16 heavy (non-hydrogen) atoms. The average molecular weight is 222 g/mol. The van der Waals surface area contributed by atoms with Crippen LogP contribution in [0.2, 0.25) is 0 Å². The summed E-state index contributed by atoms with van der Waals surface area (Å²) in [5, 5.41) is 0. The summed E-state index contributed by atoms with van der Waals surface area (Å²) in [5.41, 5.74) is 12.9. The molecule has 1 aromatic rings. The summed E-state index contributed by atoms with van der Waals surface area (Å²) in [5.74, 6) is 0.137. The molecule has 0 aromatic heterocycles. The van der Waals surface area contributed by atoms with Gasteiger partial charge in [0, 0.05) is 11.6 Å². The monoisotopic (exact) mass is 222 g/mol. The van der Waals surface area contributed by atoms with Crippen LogP contribution in [0.25, 0.3) is 0 Å². The molecule has 4 N–H and O–H groups in total. The summed E-state index contributed by atoms with van der Waals surface area (Å²) in [7, 11) is 0. The van der Waals surface area contributed by atoms with Gasteiger partial charge in [0.2, 0.25) is 0 Å². The molecule has 0 aliphatic heterocycles. The number of hydrogen-bond donors (Lipinski definition) is 2. The first-order valence-electron chi connectivity index (χ1n) is 5.24. The molecule has 4 nitrogen and oxygen atoms in total. The summed E-state index contributed by atoms with van der Waals surface area (Å²) in [6.45, 7) is 5.44. The van der Waals surface area contributed by atoms with E-state index in [0.717, 1.165) is 11.1 Å². The zero-order valence-corrected chi connectivity index (χ0v) is 9.86. The summed E-state index contributed by atoms with van der Waals surface area (Å²) in [6.07, 6.45) is -0.653. The third-order valence-corrected chi connectivity index (χ3v) is 2.36. The topological polar surface area (TPSA) is 78.3 Å². The number of amides is 1. The number of carbonyl (C=O) groups excluding carboxylic acids is 1. The van der Waals surface area contributed by atoms with Gasteiger partial charge >= 0.3 is 0 Å². The fraction of sp³-hybridized carbons (Fsp3) is 0.417. The quantitative estimate of drug-likeness (QED) is 0.805. The van der Waals surface area contributed by atoms with Crippen LogP contribution in [0.1, 0.15) is 31.0 Å². The first-order valence-corrected chi connectivity index (χ1v) is 5.24. The molecule has 1 rings (SSSR count). The van der Waals surface area contributed by atoms with Crippen LogP contribution < -0.4 is 16.2 Å². The van der Waals surface area contributed by atoms with Gasteiger partial charge in [0.25, 0.3) is 5.91 Å². The number of nitrogens with two attached hydrogens (primary N) is 2. The Labute approximate surface area is 95.6 Å². The summed E-state index contributed by atoms with van der Waals surface area (Å²) in [4.78, 5) is 10.9. The Morgan fingerprint density at radius 3 is 2.50 bits per heavy atom. The van der Waals surface area contributed by atoms with E-state index in [1.54, 1.807) is 6.92 Å². The van der Waals surface area contributed by atoms with Gasteiger partial charge in [-0.05, 0) is 32.4 Å². The predicted octanol–water partition coefficient (Wildman–Crippen LogP) is 1.27. The zero-order valence-electron chi connectivity index (χ0n) is 9.86. The van der Waals surface area contributed by atoms with Gasteiger partial charge in [-0.1, -0.05) is 12.1 Å². The molecule has 0 bridgehead atoms. The van der Waals surface area contributed by atoms with Crippen LogP contribution in [0.4, 0.5) is 0 Å². The highest BCUT2D eigenvalue weighted by atomic mass is 16.5. The van der Waals surface area contributed by atoms with Crippen molar-refractivity contribution in [2.24, 2.45) is 11.5 Å². The highest BCUT2D eigenvalue weighted by Crippen LogP contribution is 2.25. The molecular formula is C12H18N2O2. The number of aryl methyl sites for hydroxylation is 1. The molecule has 0 spiro atoms. The summed E-state index contributed by atoms with van der Waals surface area (Å²) in [6, 6.07) is 5.58. The summed E-state index contributed by atoms with van der Waals surface area (Å²) < 4.78 is 5.49. The molecule has 0 heterocycles. The predicted molar refractivity (Wildman–Crippen MR) is 63.1 cm³/mol. The van der Waals surface area contributed by atoms with Crippen LogP contribution in [-0.2, 0) is 4.79 Å². The first kappa shape index (κ1) is 12.5. The highest BCUT2D eigenvalue weighted by Gasteiger charge is 2.14. The lowest BCUT2D eigenvalue weighted by atomic mass is 10.1. The maximum absolute atomic E-state index is 10.9. The van der Waals surface area contributed by atoms with Crippen molar-refractivity contribution in [1.82, 2.24) is 0 Å². The van der Waals surface area contributed by atoms with Crippen molar-refractivity contribution in [3.05, 3.63) is 29.3 Å². The number of rotatable bonds is 4. The second-order valence-corrected chi connectivity index (χ2v) is 3.99. The van der Waals surface area contributed by atoms with Crippen LogP contribution in [0.5, 0.6) is 5.75 Å². The van der Waals surface area contributed by atoms with Crippen molar-refractivity contribution in [1.29, 1.82) is 0 Å². The second-order valence-electron chi connectivity index (χ2n) is 3.99. The van der Waals surface area contributed by atoms with Gasteiger partial charge in [-0.25, -0.2) is 0 Å². The van der Waals surface area contributed by atoms with Gasteiger partial charge in [-0.2, -0.15) is 0 Å². The molecule has 0 saturated heterocycles. The fourth-order valence-corrected chi connectivity index (χ4v) is 1.37. The van der Waals surface area contributed by atoms with Crippen molar-refractivity contribution < 1.29 is 9.53 Å². The van der Waals surface area contributed by atoms with E-state index < -0.39 is 12.0 Å². The molecular weight excluding hydrogens is 204 g/mol. The van der Waals surface area contributed by atoms with Gasteiger partial charge in [-0.3, -0.25) is 4.79 Å². The van der Waals surface area contributed by atoms with Crippen molar-refractivity contribution in [3.63, 3.8) is 0 Å². The third-order valence-electron chi connectivity index (χ3n) is 2.36. The minimum atomic E-state index is -0.653. The molecule has 88 valence electrons. The average Bonchev–Trinajstić information content (AvgIpc) is 2.16. The number of benzene rings is 1. The van der Waals surface area contributed by atoms with Gasteiger partial charge in [0.05, 0.1) is 0 Å². The normalized spacial score (nSPS) is 14.2. The Morgan fingerprint density at radius 1 is 1.38 bits per heavy atom. The van der Waals surface area contributed by atoms with Gasteiger partial charge in [0.1, 0.15) is 5.75 Å². The lowest BCUT2D eigenvalue weighted by molar-refractivity contribution is -0.124. The van der Waals surface area contributed by atoms with E-state index in [2.05, 4.69) is 0 Å². The fourth-order valence-electron chi connectivity index (χ4n) is 1.37. The number of primary amides is 1. The highest BCUT2D eigenvalue weighted by molar-refractivity contribution is 5.78. The van der Waals surface area contributed by atoms with Gasteiger partial charge < -0.3 is 16.2 Å². The van der Waals surface area contributed by atoms with Crippen LogP contribution in [0.15, 0.2) is 18.2 Å². The largest absolute Gasteiger partial charge is 0.481 e. The summed E-state index contributed by atoms with van der Waals surface area (Å²) >= 11 is 0. The van der Waals surface area contributed by atoms with Gasteiger partial charge in [0.15, 0.2) is 6.10 Å². The van der Waals surface area contributed by atoms with E-state index in [1.165, 1.54) is 0 Å². The van der Waals surface area contributed by atoms with Crippen molar-refractivity contribution >= 4 is 5.91 Å². The molecule has 0 saturated carbocycles. The third kappa shape index (κ3) is 2.97. The first-order chi connectivity index (χ1) is 7.41. The smallest absolute Gasteiger partial charge is 0.258 e. The van der Waals surface area contributed by atoms with E-state index in [1.807, 2.05) is 32.0 Å². The number of carbonyl (C=O) groups is 1. The molecule has 4 heteroatoms. The van der Waals surface area contributed by atoms with Crippen LogP contribution in [-0.4, -0.2) is 12.0 Å². The van der Waals surface area contributed by atoms with Crippen LogP contribution in [0.3, 0.4) is 0 Å². The van der Waals surface area contributed by atoms with Crippen LogP contribution in [0, 0.1) is 6.92 Å². The standard InChI is InChI=1S/C12H18N2O2/c1-7-4-5-10(8(2)13)11(6-7)16-9(3)12(14)15/h4-6,8-9H,13H2,1-3H3,(H2,14,15)/t8-,9?/m1/s1. The van der Waals surface area contributed by atoms with Crippen molar-refractivity contribution in [2.75, 3.05) is 0 Å². The lowest BCUT2D eigenvalue weighted by Gasteiger charge is -2.17. The Balaban J connectivity index is 3.01. The molecule has 0 radical (unpaired) electrons. The second kappa shape index (κ2) is 4.99. The minimum Gasteiger partial charge on any atom is -0.481 e. The number of ether oxygens (including phenoxy) is 1. The molecule has 0 aliphatic rings. The molecule has 1 amide bonds. The van der Waals surface area contributed by atoms with Gasteiger partial charge in [-0.15, -0.1) is 0 Å². The van der Waals surface area contributed by atoms with E-state index in [4.69, 9.17) is 16.2 Å². The maximum Gasteiger partial charge on any atom is 0.258 e. The van der Waals surface area contributed by atoms with E-state index in [-0.39, 0.29) is 6.04 Å². The molecule has 2 atom stereocenters. The molecule has 1 aromatic carbocycles.